The number of hydrogen-bond acceptors (Lipinski definition) is 6. The zero-order valence-electron chi connectivity index (χ0n) is 22.0. The number of hydrogen-bond donors (Lipinski definition) is 1. The van der Waals surface area contributed by atoms with Crippen LogP contribution in [-0.2, 0) is 19.9 Å². The summed E-state index contributed by atoms with van der Waals surface area (Å²) in [5.41, 5.74) is 4.39. The number of nitrogens with one attached hydrogen (secondary N) is 1. The van der Waals surface area contributed by atoms with Gasteiger partial charge in [-0.1, -0.05) is 53.5 Å². The maximum atomic E-state index is 13.7. The Kier molecular flexibility index (Phi) is 7.09. The maximum Gasteiger partial charge on any atom is 0.280 e. The lowest BCUT2D eigenvalue weighted by Crippen LogP contribution is -2.20. The van der Waals surface area contributed by atoms with Crippen LogP contribution in [0.15, 0.2) is 59.5 Å². The highest BCUT2D eigenvalue weighted by Crippen LogP contribution is 2.43. The summed E-state index contributed by atoms with van der Waals surface area (Å²) < 4.78 is 34.0. The molecule has 3 heterocycles. The van der Waals surface area contributed by atoms with Crippen LogP contribution in [0.2, 0.25) is 10.0 Å². The maximum absolute atomic E-state index is 13.7. The van der Waals surface area contributed by atoms with E-state index < -0.39 is 17.7 Å². The van der Waals surface area contributed by atoms with Gasteiger partial charge >= 0.3 is 0 Å². The summed E-state index contributed by atoms with van der Waals surface area (Å²) in [7, 11) is 3.09. The standard InChI is InChI=1S/C30H23Cl2F2N5O2/c1-39-30(40)24-16(14-35-39)13-23(27(33)34)37-28(24)36-21-11-5-9-19(26(21)32)18-8-4-10-20(25(18)31)22-12-15-6-3-7-17(15)29(38-22)41-2/h4-5,8-14,27H,3,6-7H2,1-2H3,(H,36,37). The van der Waals surface area contributed by atoms with Crippen molar-refractivity contribution in [2.45, 2.75) is 25.7 Å². The number of halogens is 4. The molecule has 1 N–H and O–H groups in total. The van der Waals surface area contributed by atoms with Gasteiger partial charge in [0.25, 0.3) is 12.0 Å². The molecule has 0 aliphatic heterocycles. The second-order valence-electron chi connectivity index (χ2n) is 9.70. The van der Waals surface area contributed by atoms with Crippen molar-refractivity contribution in [3.05, 3.63) is 91.9 Å². The quantitative estimate of drug-likeness (QED) is 0.219. The third-order valence-electron chi connectivity index (χ3n) is 7.23. The lowest BCUT2D eigenvalue weighted by molar-refractivity contribution is 0.146. The van der Waals surface area contributed by atoms with Crippen molar-refractivity contribution >= 4 is 45.5 Å². The number of fused-ring (bicyclic) bond motifs is 2. The van der Waals surface area contributed by atoms with E-state index >= 15 is 0 Å². The largest absolute Gasteiger partial charge is 0.481 e. The van der Waals surface area contributed by atoms with Crippen LogP contribution in [0.3, 0.4) is 0 Å². The number of methoxy groups -OCH3 is 1. The first-order valence-electron chi connectivity index (χ1n) is 12.8. The molecule has 208 valence electrons. The Morgan fingerprint density at radius 1 is 1.00 bits per heavy atom. The Labute approximate surface area is 243 Å². The van der Waals surface area contributed by atoms with Gasteiger partial charge in [0, 0.05) is 34.7 Å². The van der Waals surface area contributed by atoms with Crippen LogP contribution in [-0.4, -0.2) is 26.9 Å². The normalized spacial score (nSPS) is 12.7. The molecule has 0 spiro atoms. The molecular formula is C30H23Cl2F2N5O2. The Balaban J connectivity index is 1.45. The van der Waals surface area contributed by atoms with Gasteiger partial charge in [0.05, 0.1) is 40.1 Å². The van der Waals surface area contributed by atoms with Crippen LogP contribution in [0.4, 0.5) is 20.3 Å². The Hall–Kier alpha value is -4.08. The van der Waals surface area contributed by atoms with E-state index in [0.717, 1.165) is 41.1 Å². The van der Waals surface area contributed by atoms with E-state index in [0.29, 0.717) is 33.4 Å². The Bertz CT molecular complexity index is 1890. The molecule has 0 atom stereocenters. The molecule has 41 heavy (non-hydrogen) atoms. The summed E-state index contributed by atoms with van der Waals surface area (Å²) >= 11 is 13.9. The summed E-state index contributed by atoms with van der Waals surface area (Å²) in [6.07, 6.45) is 1.43. The zero-order valence-corrected chi connectivity index (χ0v) is 23.5. The van der Waals surface area contributed by atoms with Crippen LogP contribution in [0.25, 0.3) is 33.2 Å². The molecule has 7 nitrogen and oxygen atoms in total. The zero-order chi connectivity index (χ0) is 28.8. The molecule has 1 aliphatic carbocycles. The van der Waals surface area contributed by atoms with E-state index in [4.69, 9.17) is 32.9 Å². The van der Waals surface area contributed by atoms with Gasteiger partial charge in [0.1, 0.15) is 11.5 Å². The molecule has 1 aliphatic rings. The topological polar surface area (TPSA) is 81.9 Å². The van der Waals surface area contributed by atoms with E-state index in [2.05, 4.69) is 21.5 Å². The van der Waals surface area contributed by atoms with Gasteiger partial charge in [0.2, 0.25) is 5.88 Å². The van der Waals surface area contributed by atoms with Crippen LogP contribution < -0.4 is 15.6 Å². The average molecular weight is 594 g/mol. The van der Waals surface area contributed by atoms with Crippen LogP contribution >= 0.6 is 23.2 Å². The van der Waals surface area contributed by atoms with E-state index in [1.165, 1.54) is 18.8 Å². The van der Waals surface area contributed by atoms with Crippen molar-refractivity contribution < 1.29 is 13.5 Å². The monoisotopic (exact) mass is 593 g/mol. The summed E-state index contributed by atoms with van der Waals surface area (Å²) in [6, 6.07) is 14.0. The Morgan fingerprint density at radius 3 is 2.49 bits per heavy atom. The lowest BCUT2D eigenvalue weighted by Gasteiger charge is -2.16. The molecule has 0 unspecified atom stereocenters. The number of benzene rings is 2. The molecule has 0 amide bonds. The van der Waals surface area contributed by atoms with Gasteiger partial charge in [-0.2, -0.15) is 5.10 Å². The molecule has 0 saturated heterocycles. The highest BCUT2D eigenvalue weighted by molar-refractivity contribution is 6.39. The second-order valence-corrected chi connectivity index (χ2v) is 10.5. The number of nitrogens with zero attached hydrogens (tertiary/aromatic N) is 4. The van der Waals surface area contributed by atoms with E-state index in [1.54, 1.807) is 25.3 Å². The molecule has 3 aromatic heterocycles. The smallest absolute Gasteiger partial charge is 0.280 e. The molecule has 0 radical (unpaired) electrons. The number of alkyl halides is 2. The van der Waals surface area contributed by atoms with Gasteiger partial charge in [-0.05, 0) is 43.0 Å². The minimum Gasteiger partial charge on any atom is -0.481 e. The summed E-state index contributed by atoms with van der Waals surface area (Å²) in [6.45, 7) is 0. The highest BCUT2D eigenvalue weighted by atomic mass is 35.5. The fourth-order valence-corrected chi connectivity index (χ4v) is 5.83. The molecule has 11 heteroatoms. The predicted molar refractivity (Wildman–Crippen MR) is 157 cm³/mol. The number of aromatic nitrogens is 4. The summed E-state index contributed by atoms with van der Waals surface area (Å²) in [4.78, 5) is 21.7. The number of ether oxygens (including phenoxy) is 1. The minimum absolute atomic E-state index is 0.0471. The van der Waals surface area contributed by atoms with Crippen LogP contribution in [0, 0.1) is 0 Å². The summed E-state index contributed by atoms with van der Waals surface area (Å²) in [5.74, 6) is 0.557. The number of aryl methyl sites for hydroxylation is 2. The van der Waals surface area contributed by atoms with Crippen molar-refractivity contribution in [3.63, 3.8) is 0 Å². The second kappa shape index (κ2) is 10.7. The fourth-order valence-electron chi connectivity index (χ4n) is 5.23. The number of pyridine rings is 2. The van der Waals surface area contributed by atoms with Gasteiger partial charge in [0.15, 0.2) is 0 Å². The number of anilines is 2. The molecule has 0 fully saturated rings. The van der Waals surface area contributed by atoms with Gasteiger partial charge in [-0.15, -0.1) is 0 Å². The van der Waals surface area contributed by atoms with Crippen molar-refractivity contribution in [3.8, 4) is 28.3 Å². The first kappa shape index (κ1) is 27.1. The highest BCUT2D eigenvalue weighted by Gasteiger charge is 2.22. The molecule has 2 aromatic carbocycles. The SMILES string of the molecule is COc1nc(-c2cccc(-c3cccc(Nc4nc(C(F)F)cc5cnn(C)c(=O)c45)c3Cl)c2Cl)cc2c1CCC2. The molecule has 6 rings (SSSR count). The first-order chi connectivity index (χ1) is 19.8. The number of rotatable bonds is 6. The van der Waals surface area contributed by atoms with Crippen LogP contribution in [0.1, 0.15) is 29.7 Å². The summed E-state index contributed by atoms with van der Waals surface area (Å²) in [5, 5.41) is 8.03. The average Bonchev–Trinajstić information content (AvgIpc) is 3.44. The van der Waals surface area contributed by atoms with Gasteiger partial charge < -0.3 is 10.1 Å². The van der Waals surface area contributed by atoms with E-state index in [9.17, 15) is 13.6 Å². The molecule has 5 aromatic rings. The fraction of sp³-hybridized carbons (Fsp3) is 0.200. The third kappa shape index (κ3) is 4.79. The minimum atomic E-state index is -2.85. The van der Waals surface area contributed by atoms with Crippen molar-refractivity contribution in [2.75, 3.05) is 12.4 Å². The van der Waals surface area contributed by atoms with E-state index in [1.807, 2.05) is 18.2 Å². The van der Waals surface area contributed by atoms with Crippen LogP contribution in [0.5, 0.6) is 5.88 Å². The first-order valence-corrected chi connectivity index (χ1v) is 13.6. The molecule has 0 bridgehead atoms. The predicted octanol–water partition coefficient (Wildman–Crippen LogP) is 7.54. The molecular weight excluding hydrogens is 571 g/mol. The Morgan fingerprint density at radius 2 is 1.73 bits per heavy atom. The molecule has 0 saturated carbocycles. The van der Waals surface area contributed by atoms with Crippen molar-refractivity contribution in [1.29, 1.82) is 0 Å². The lowest BCUT2D eigenvalue weighted by atomic mass is 9.99. The third-order valence-corrected chi connectivity index (χ3v) is 8.05. The van der Waals surface area contributed by atoms with Gasteiger partial charge in [-0.3, -0.25) is 4.79 Å². The van der Waals surface area contributed by atoms with Gasteiger partial charge in [-0.25, -0.2) is 23.4 Å². The van der Waals surface area contributed by atoms with E-state index in [-0.39, 0.29) is 21.6 Å². The van der Waals surface area contributed by atoms with Crippen molar-refractivity contribution in [1.82, 2.24) is 19.7 Å². The van der Waals surface area contributed by atoms with Crippen molar-refractivity contribution in [2.24, 2.45) is 7.05 Å².